The van der Waals surface area contributed by atoms with Gasteiger partial charge < -0.3 is 0 Å². The van der Waals surface area contributed by atoms with Gasteiger partial charge in [-0.1, -0.05) is 108 Å². The van der Waals surface area contributed by atoms with Crippen molar-refractivity contribution < 1.29 is 0 Å². The molecule has 29 heavy (non-hydrogen) atoms. The highest BCUT2D eigenvalue weighted by atomic mass is 14.4. The molecule has 0 saturated heterocycles. The second-order valence-corrected chi connectivity index (χ2v) is 9.72. The quantitative estimate of drug-likeness (QED) is 0.415. The first kappa shape index (κ1) is 20.0. The van der Waals surface area contributed by atoms with E-state index in [9.17, 15) is 0 Å². The predicted octanol–water partition coefficient (Wildman–Crippen LogP) is 8.52. The Labute approximate surface area is 177 Å². The van der Waals surface area contributed by atoms with Crippen molar-refractivity contribution in [2.24, 2.45) is 0 Å². The number of fused-ring (bicyclic) bond motifs is 3. The van der Waals surface area contributed by atoms with E-state index in [1.54, 1.807) is 11.1 Å². The number of hydrogen-bond donors (Lipinski definition) is 0. The van der Waals surface area contributed by atoms with Crippen molar-refractivity contribution in [2.45, 2.75) is 71.1 Å². The second kappa shape index (κ2) is 7.48. The summed E-state index contributed by atoms with van der Waals surface area (Å²) >= 11 is 0. The number of hydrogen-bond acceptors (Lipinski definition) is 0. The van der Waals surface area contributed by atoms with Crippen LogP contribution in [0.5, 0.6) is 0 Å². The van der Waals surface area contributed by atoms with E-state index < -0.39 is 0 Å². The third-order valence-corrected chi connectivity index (χ3v) is 6.71. The highest BCUT2D eigenvalue weighted by molar-refractivity contribution is 5.84. The summed E-state index contributed by atoms with van der Waals surface area (Å²) in [6.45, 7) is 11.5. The van der Waals surface area contributed by atoms with E-state index in [-0.39, 0.29) is 10.8 Å². The van der Waals surface area contributed by atoms with Crippen LogP contribution in [-0.4, -0.2) is 0 Å². The Hall–Kier alpha value is -2.34. The molecule has 1 aliphatic carbocycles. The fourth-order valence-corrected chi connectivity index (χ4v) is 5.31. The highest BCUT2D eigenvalue weighted by Gasteiger charge is 2.41. The van der Waals surface area contributed by atoms with Gasteiger partial charge in [-0.05, 0) is 63.3 Å². The smallest absolute Gasteiger partial charge is 0.0215 e. The first-order valence-corrected chi connectivity index (χ1v) is 11.3. The molecular weight excluding hydrogens is 348 g/mol. The molecular formula is C29H34. The van der Waals surface area contributed by atoms with Crippen LogP contribution in [-0.2, 0) is 10.8 Å². The van der Waals surface area contributed by atoms with E-state index in [1.807, 2.05) is 0 Å². The van der Waals surface area contributed by atoms with Crippen molar-refractivity contribution in [1.29, 1.82) is 0 Å². The summed E-state index contributed by atoms with van der Waals surface area (Å²) in [7, 11) is 0. The van der Waals surface area contributed by atoms with Crippen molar-refractivity contribution in [2.75, 3.05) is 0 Å². The molecule has 0 heteroatoms. The molecule has 0 bridgehead atoms. The molecule has 0 amide bonds. The Morgan fingerprint density at radius 2 is 1.24 bits per heavy atom. The van der Waals surface area contributed by atoms with Crippen LogP contribution in [0.4, 0.5) is 0 Å². The van der Waals surface area contributed by atoms with E-state index in [4.69, 9.17) is 0 Å². The number of benzene rings is 3. The van der Waals surface area contributed by atoms with Gasteiger partial charge in [0.15, 0.2) is 0 Å². The molecule has 0 aliphatic heterocycles. The maximum Gasteiger partial charge on any atom is 0.0215 e. The van der Waals surface area contributed by atoms with Gasteiger partial charge in [0.25, 0.3) is 0 Å². The molecule has 0 atom stereocenters. The topological polar surface area (TPSA) is 0 Å². The van der Waals surface area contributed by atoms with Crippen LogP contribution in [0.15, 0.2) is 66.7 Å². The van der Waals surface area contributed by atoms with E-state index in [0.29, 0.717) is 0 Å². The molecule has 0 spiro atoms. The Morgan fingerprint density at radius 1 is 0.655 bits per heavy atom. The van der Waals surface area contributed by atoms with E-state index in [2.05, 4.69) is 101 Å². The summed E-state index contributed by atoms with van der Waals surface area (Å²) in [5.41, 5.74) is 10.4. The van der Waals surface area contributed by atoms with Crippen LogP contribution >= 0.6 is 0 Å². The Balaban J connectivity index is 1.85. The van der Waals surface area contributed by atoms with Gasteiger partial charge in [-0.2, -0.15) is 0 Å². The SMILES string of the molecule is CCCC1(CCC)c2ccccc2-c2ccc(-c3ccc(C(C)(C)C)cc3)cc21. The molecule has 4 rings (SSSR count). The summed E-state index contributed by atoms with van der Waals surface area (Å²) in [5.74, 6) is 0. The van der Waals surface area contributed by atoms with Crippen LogP contribution in [0.1, 0.15) is 77.0 Å². The molecule has 1 aliphatic rings. The Morgan fingerprint density at radius 3 is 1.86 bits per heavy atom. The van der Waals surface area contributed by atoms with Gasteiger partial charge in [0, 0.05) is 5.41 Å². The summed E-state index contributed by atoms with van der Waals surface area (Å²) in [6.07, 6.45) is 4.85. The zero-order valence-corrected chi connectivity index (χ0v) is 18.7. The van der Waals surface area contributed by atoms with E-state index in [1.165, 1.54) is 53.5 Å². The first-order chi connectivity index (χ1) is 13.9. The molecule has 0 saturated carbocycles. The van der Waals surface area contributed by atoms with Crippen LogP contribution in [0.3, 0.4) is 0 Å². The van der Waals surface area contributed by atoms with Crippen molar-refractivity contribution in [3.63, 3.8) is 0 Å². The van der Waals surface area contributed by atoms with E-state index >= 15 is 0 Å². The lowest BCUT2D eigenvalue weighted by Gasteiger charge is -2.32. The normalized spacial score (nSPS) is 14.5. The molecule has 3 aromatic rings. The molecule has 0 aromatic heterocycles. The van der Waals surface area contributed by atoms with Gasteiger partial charge in [-0.15, -0.1) is 0 Å². The summed E-state index contributed by atoms with van der Waals surface area (Å²) in [4.78, 5) is 0. The minimum absolute atomic E-state index is 0.163. The minimum atomic E-state index is 0.163. The van der Waals surface area contributed by atoms with Crippen LogP contribution in [0.25, 0.3) is 22.3 Å². The Bertz CT molecular complexity index is 993. The maximum absolute atomic E-state index is 2.49. The van der Waals surface area contributed by atoms with Gasteiger partial charge in [-0.3, -0.25) is 0 Å². The zero-order chi connectivity index (χ0) is 20.6. The summed E-state index contributed by atoms with van der Waals surface area (Å²) in [5, 5.41) is 0. The predicted molar refractivity (Wildman–Crippen MR) is 127 cm³/mol. The average Bonchev–Trinajstić information content (AvgIpc) is 2.98. The van der Waals surface area contributed by atoms with Crippen molar-refractivity contribution in [3.8, 4) is 22.3 Å². The largest absolute Gasteiger partial charge is 0.0653 e. The lowest BCUT2D eigenvalue weighted by molar-refractivity contribution is 0.436. The molecule has 0 radical (unpaired) electrons. The molecule has 150 valence electrons. The third kappa shape index (κ3) is 3.33. The Kier molecular flexibility index (Phi) is 5.15. The van der Waals surface area contributed by atoms with Gasteiger partial charge in [0.05, 0.1) is 0 Å². The van der Waals surface area contributed by atoms with Gasteiger partial charge in [0.2, 0.25) is 0 Å². The lowest BCUT2D eigenvalue weighted by atomic mass is 9.71. The van der Waals surface area contributed by atoms with Crippen LogP contribution in [0, 0.1) is 0 Å². The zero-order valence-electron chi connectivity index (χ0n) is 18.7. The standard InChI is InChI=1S/C29H34/c1-6-18-29(19-7-2)26-11-9-8-10-24(26)25-17-14-22(20-27(25)29)21-12-15-23(16-13-21)28(3,4)5/h8-17,20H,6-7,18-19H2,1-5H3. The molecule has 0 heterocycles. The average molecular weight is 383 g/mol. The van der Waals surface area contributed by atoms with Gasteiger partial charge in [0.1, 0.15) is 0 Å². The lowest BCUT2D eigenvalue weighted by Crippen LogP contribution is -2.25. The third-order valence-electron chi connectivity index (χ3n) is 6.71. The summed E-state index contributed by atoms with van der Waals surface area (Å²) in [6, 6.07) is 25.5. The molecule has 3 aromatic carbocycles. The molecule has 0 nitrogen and oxygen atoms in total. The minimum Gasteiger partial charge on any atom is -0.0653 e. The summed E-state index contributed by atoms with van der Waals surface area (Å²) < 4.78 is 0. The molecule has 0 unspecified atom stereocenters. The molecule has 0 fully saturated rings. The monoisotopic (exact) mass is 382 g/mol. The molecule has 0 N–H and O–H groups in total. The van der Waals surface area contributed by atoms with Crippen molar-refractivity contribution in [3.05, 3.63) is 83.4 Å². The maximum atomic E-state index is 2.49. The fraction of sp³-hybridized carbons (Fsp3) is 0.379. The fourth-order valence-electron chi connectivity index (χ4n) is 5.31. The van der Waals surface area contributed by atoms with E-state index in [0.717, 1.165) is 0 Å². The second-order valence-electron chi connectivity index (χ2n) is 9.72. The van der Waals surface area contributed by atoms with Crippen LogP contribution < -0.4 is 0 Å². The first-order valence-electron chi connectivity index (χ1n) is 11.3. The van der Waals surface area contributed by atoms with Gasteiger partial charge in [-0.25, -0.2) is 0 Å². The van der Waals surface area contributed by atoms with Gasteiger partial charge >= 0.3 is 0 Å². The van der Waals surface area contributed by atoms with Crippen molar-refractivity contribution in [1.82, 2.24) is 0 Å². The highest BCUT2D eigenvalue weighted by Crippen LogP contribution is 2.54. The number of rotatable bonds is 5. The van der Waals surface area contributed by atoms with Crippen molar-refractivity contribution >= 4 is 0 Å². The van der Waals surface area contributed by atoms with Crippen LogP contribution in [0.2, 0.25) is 0 Å².